The van der Waals surface area contributed by atoms with E-state index in [1.54, 1.807) is 11.8 Å². The zero-order chi connectivity index (χ0) is 22.2. The molecule has 8 heteroatoms. The summed E-state index contributed by atoms with van der Waals surface area (Å²) in [6.07, 6.45) is 2.14. The molecule has 0 spiro atoms. The lowest BCUT2D eigenvalue weighted by Gasteiger charge is -2.32. The smallest absolute Gasteiger partial charge is 0.226 e. The Balaban J connectivity index is 1.66. The fourth-order valence-electron chi connectivity index (χ4n) is 4.34. The second-order valence-corrected chi connectivity index (χ2v) is 8.19. The molecule has 0 saturated carbocycles. The Morgan fingerprint density at radius 3 is 2.84 bits per heavy atom. The number of carbonyl (C=O) groups is 1. The van der Waals surface area contributed by atoms with Gasteiger partial charge in [-0.15, -0.1) is 5.10 Å². The molecule has 0 bridgehead atoms. The maximum Gasteiger partial charge on any atom is 0.226 e. The minimum absolute atomic E-state index is 0.127. The van der Waals surface area contributed by atoms with Crippen LogP contribution in [0.15, 0.2) is 53.7 Å². The highest BCUT2D eigenvalue weighted by Crippen LogP contribution is 2.42. The van der Waals surface area contributed by atoms with Gasteiger partial charge in [-0.1, -0.05) is 29.8 Å². The van der Waals surface area contributed by atoms with Crippen molar-refractivity contribution in [1.29, 1.82) is 0 Å². The van der Waals surface area contributed by atoms with E-state index in [1.165, 1.54) is 0 Å². The normalized spacial score (nSPS) is 17.5. The molecule has 1 aliphatic carbocycles. The first-order valence-corrected chi connectivity index (χ1v) is 11.0. The zero-order valence-corrected chi connectivity index (χ0v) is 18.6. The third-order valence-corrected chi connectivity index (χ3v) is 5.99. The predicted molar refractivity (Wildman–Crippen MR) is 122 cm³/mol. The summed E-state index contributed by atoms with van der Waals surface area (Å²) in [6.45, 7) is 2.46. The Morgan fingerprint density at radius 1 is 1.19 bits per heavy atom. The number of nitrogens with zero attached hydrogens (tertiary/aromatic N) is 3. The number of fused-ring (bicyclic) bond motifs is 1. The van der Waals surface area contributed by atoms with Gasteiger partial charge in [0.25, 0.3) is 0 Å². The second-order valence-electron chi connectivity index (χ2n) is 7.75. The first kappa shape index (κ1) is 20.6. The summed E-state index contributed by atoms with van der Waals surface area (Å²) >= 11 is 6.18. The van der Waals surface area contributed by atoms with Crippen molar-refractivity contribution in [2.75, 3.05) is 19.0 Å². The Kier molecular flexibility index (Phi) is 5.35. The van der Waals surface area contributed by atoms with Crippen molar-refractivity contribution in [3.05, 3.63) is 64.3 Å². The number of Topliss-reactive ketones (excluding diaryl/α,β-unsaturated/α-hetero) is 1. The van der Waals surface area contributed by atoms with Crippen LogP contribution in [0.2, 0.25) is 5.02 Å². The molecule has 2 aromatic carbocycles. The Bertz CT molecular complexity index is 1230. The second kappa shape index (κ2) is 8.31. The molecule has 0 radical (unpaired) electrons. The van der Waals surface area contributed by atoms with Crippen LogP contribution >= 0.6 is 11.6 Å². The van der Waals surface area contributed by atoms with Crippen LogP contribution in [0.5, 0.6) is 11.5 Å². The van der Waals surface area contributed by atoms with Gasteiger partial charge in [-0.3, -0.25) is 4.79 Å². The average molecular weight is 451 g/mol. The van der Waals surface area contributed by atoms with Crippen LogP contribution in [0.3, 0.4) is 0 Å². The van der Waals surface area contributed by atoms with Gasteiger partial charge in [0, 0.05) is 28.3 Å². The molecule has 7 nitrogen and oxygen atoms in total. The number of anilines is 1. The van der Waals surface area contributed by atoms with Crippen molar-refractivity contribution in [2.45, 2.75) is 32.2 Å². The minimum Gasteiger partial charge on any atom is -0.493 e. The lowest BCUT2D eigenvalue weighted by atomic mass is 9.85. The van der Waals surface area contributed by atoms with E-state index in [2.05, 4.69) is 5.32 Å². The van der Waals surface area contributed by atoms with Crippen LogP contribution < -0.4 is 14.8 Å². The number of rotatable bonds is 5. The van der Waals surface area contributed by atoms with Gasteiger partial charge in [-0.05, 0) is 49.6 Å². The fraction of sp³-hybridized carbons (Fsp3) is 0.292. The van der Waals surface area contributed by atoms with Crippen molar-refractivity contribution in [3.63, 3.8) is 0 Å². The minimum atomic E-state index is -0.404. The van der Waals surface area contributed by atoms with Crippen molar-refractivity contribution in [3.8, 4) is 22.9 Å². The predicted octanol–water partition coefficient (Wildman–Crippen LogP) is 5.03. The van der Waals surface area contributed by atoms with Gasteiger partial charge < -0.3 is 14.8 Å². The van der Waals surface area contributed by atoms with Gasteiger partial charge in [0.15, 0.2) is 23.1 Å². The third kappa shape index (κ3) is 3.52. The highest BCUT2D eigenvalue weighted by Gasteiger charge is 2.37. The number of ether oxygens (including phenoxy) is 2. The molecule has 1 N–H and O–H groups in total. The van der Waals surface area contributed by atoms with Crippen LogP contribution in [0.1, 0.15) is 37.8 Å². The van der Waals surface area contributed by atoms with Crippen molar-refractivity contribution >= 4 is 23.3 Å². The number of carbonyl (C=O) groups excluding carboxylic acids is 1. The highest BCUT2D eigenvalue weighted by atomic mass is 35.5. The summed E-state index contributed by atoms with van der Waals surface area (Å²) < 4.78 is 13.0. The Hall–Kier alpha value is -3.32. The number of allylic oxidation sites excluding steroid dienone is 2. The van der Waals surface area contributed by atoms with E-state index in [0.717, 1.165) is 35.2 Å². The number of benzene rings is 2. The quantitative estimate of drug-likeness (QED) is 0.587. The molecule has 2 heterocycles. The number of hydrogen-bond acceptors (Lipinski definition) is 6. The summed E-state index contributed by atoms with van der Waals surface area (Å²) in [5, 5.41) is 8.75. The first-order chi connectivity index (χ1) is 15.6. The summed E-state index contributed by atoms with van der Waals surface area (Å²) in [7, 11) is 1.61. The van der Waals surface area contributed by atoms with Gasteiger partial charge in [0.05, 0.1) is 13.7 Å². The van der Waals surface area contributed by atoms with Crippen LogP contribution in [0.25, 0.3) is 11.4 Å². The highest BCUT2D eigenvalue weighted by molar-refractivity contribution is 6.30. The Morgan fingerprint density at radius 2 is 2.06 bits per heavy atom. The number of aromatic nitrogens is 3. The third-order valence-electron chi connectivity index (χ3n) is 5.75. The summed E-state index contributed by atoms with van der Waals surface area (Å²) in [5.74, 6) is 2.55. The molecular weight excluding hydrogens is 428 g/mol. The molecule has 1 atom stereocenters. The molecule has 0 fully saturated rings. The van der Waals surface area contributed by atoms with E-state index in [4.69, 9.17) is 31.2 Å². The molecule has 164 valence electrons. The van der Waals surface area contributed by atoms with E-state index in [9.17, 15) is 4.79 Å². The molecule has 5 rings (SSSR count). The molecular formula is C24H23ClN4O3. The average Bonchev–Trinajstić information content (AvgIpc) is 3.22. The molecule has 1 aliphatic heterocycles. The van der Waals surface area contributed by atoms with Crippen molar-refractivity contribution in [1.82, 2.24) is 14.8 Å². The van der Waals surface area contributed by atoms with E-state index < -0.39 is 6.04 Å². The number of halogens is 1. The van der Waals surface area contributed by atoms with E-state index in [1.807, 2.05) is 49.4 Å². The zero-order valence-electron chi connectivity index (χ0n) is 17.9. The molecule has 0 saturated heterocycles. The maximum absolute atomic E-state index is 13.0. The molecule has 3 aromatic rings. The van der Waals surface area contributed by atoms with Gasteiger partial charge in [-0.2, -0.15) is 4.98 Å². The van der Waals surface area contributed by atoms with E-state index in [0.29, 0.717) is 41.3 Å². The van der Waals surface area contributed by atoms with Gasteiger partial charge >= 0.3 is 0 Å². The van der Waals surface area contributed by atoms with Gasteiger partial charge in [0.2, 0.25) is 5.95 Å². The van der Waals surface area contributed by atoms with Crippen LogP contribution in [0.4, 0.5) is 5.95 Å². The van der Waals surface area contributed by atoms with Crippen LogP contribution in [0, 0.1) is 0 Å². The summed E-state index contributed by atoms with van der Waals surface area (Å²) in [4.78, 5) is 17.8. The van der Waals surface area contributed by atoms with Crippen molar-refractivity contribution in [2.24, 2.45) is 0 Å². The van der Waals surface area contributed by atoms with E-state index in [-0.39, 0.29) is 5.78 Å². The molecule has 32 heavy (non-hydrogen) atoms. The largest absolute Gasteiger partial charge is 0.493 e. The first-order valence-electron chi connectivity index (χ1n) is 10.7. The molecule has 0 unspecified atom stereocenters. The summed E-state index contributed by atoms with van der Waals surface area (Å²) in [6, 6.07) is 12.8. The summed E-state index contributed by atoms with van der Waals surface area (Å²) in [5.41, 5.74) is 3.35. The molecule has 0 amide bonds. The van der Waals surface area contributed by atoms with Crippen molar-refractivity contribution < 1.29 is 14.3 Å². The van der Waals surface area contributed by atoms with Crippen LogP contribution in [-0.4, -0.2) is 34.3 Å². The monoisotopic (exact) mass is 450 g/mol. The maximum atomic E-state index is 13.0. The molecule has 1 aromatic heterocycles. The topological polar surface area (TPSA) is 78.3 Å². The fourth-order valence-corrected chi connectivity index (χ4v) is 4.53. The van der Waals surface area contributed by atoms with E-state index >= 15 is 0 Å². The number of hydrogen-bond donors (Lipinski definition) is 1. The van der Waals surface area contributed by atoms with Gasteiger partial charge in [-0.25, -0.2) is 4.68 Å². The SMILES string of the molecule is CCOc1ccc([C@H]2C3=C(CCCC3=O)Nc3nc(-c4cccc(Cl)c4)nn32)cc1OC. The number of ketones is 1. The number of methoxy groups -OCH3 is 1. The molecule has 2 aliphatic rings. The standard InChI is InChI=1S/C24H23ClN4O3/c1-3-32-19-11-10-14(13-20(19)31-2)22-21-17(8-5-9-18(21)30)26-24-27-23(28-29(22)24)15-6-4-7-16(25)12-15/h4,6-7,10-13,22H,3,5,8-9H2,1-2H3,(H,26,27,28)/t22-/m0/s1. The van der Waals surface area contributed by atoms with Gasteiger partial charge in [0.1, 0.15) is 6.04 Å². The Labute approximate surface area is 191 Å². The lowest BCUT2D eigenvalue weighted by Crippen LogP contribution is -2.31. The lowest BCUT2D eigenvalue weighted by molar-refractivity contribution is -0.116. The number of nitrogens with one attached hydrogen (secondary N) is 1. The van der Waals surface area contributed by atoms with Crippen LogP contribution in [-0.2, 0) is 4.79 Å².